The number of allylic oxidation sites excluding steroid dienone is 16. The maximum atomic E-state index is 12.4. The van der Waals surface area contributed by atoms with Gasteiger partial charge in [-0.05, 0) is 77.0 Å². The van der Waals surface area contributed by atoms with E-state index in [4.69, 9.17) is 9.47 Å². The lowest BCUT2D eigenvalue weighted by molar-refractivity contribution is -0.161. The molecule has 1 N–H and O–H groups in total. The monoisotopic (exact) mass is 1110 g/mol. The van der Waals surface area contributed by atoms with Gasteiger partial charge in [0.05, 0.1) is 6.61 Å². The van der Waals surface area contributed by atoms with Crippen molar-refractivity contribution in [3.05, 3.63) is 97.2 Å². The normalized spacial score (nSPS) is 12.8. The number of ether oxygens (including phenoxy) is 2. The lowest BCUT2D eigenvalue weighted by atomic mass is 10.0. The summed E-state index contributed by atoms with van der Waals surface area (Å²) in [6, 6.07) is 0. The maximum Gasteiger partial charge on any atom is 0.306 e. The second kappa shape index (κ2) is 70.1. The number of hydrogen-bond acceptors (Lipinski definition) is 5. The van der Waals surface area contributed by atoms with Gasteiger partial charge in [-0.2, -0.15) is 0 Å². The van der Waals surface area contributed by atoms with Gasteiger partial charge in [-0.15, -0.1) is 0 Å². The Morgan fingerprint density at radius 1 is 0.300 bits per heavy atom. The third-order valence-electron chi connectivity index (χ3n) is 15.4. The van der Waals surface area contributed by atoms with E-state index in [1.165, 1.54) is 231 Å². The van der Waals surface area contributed by atoms with Crippen molar-refractivity contribution in [2.45, 2.75) is 354 Å². The van der Waals surface area contributed by atoms with Crippen molar-refractivity contribution in [2.75, 3.05) is 13.2 Å². The summed E-state index contributed by atoms with van der Waals surface area (Å²) in [5.41, 5.74) is 0. The first-order valence-electron chi connectivity index (χ1n) is 34.8. The van der Waals surface area contributed by atoms with Crippen molar-refractivity contribution in [3.63, 3.8) is 0 Å². The summed E-state index contributed by atoms with van der Waals surface area (Å²) in [5, 5.41) is 9.70. The van der Waals surface area contributed by atoms with Gasteiger partial charge < -0.3 is 14.6 Å². The number of aliphatic hydroxyl groups is 1. The van der Waals surface area contributed by atoms with E-state index < -0.39 is 6.10 Å². The predicted molar refractivity (Wildman–Crippen MR) is 352 cm³/mol. The zero-order valence-electron chi connectivity index (χ0n) is 53.1. The van der Waals surface area contributed by atoms with Gasteiger partial charge in [-0.25, -0.2) is 0 Å². The average Bonchev–Trinajstić information content (AvgIpc) is 3.46. The number of aliphatic hydroxyl groups excluding tert-OH is 1. The Morgan fingerprint density at radius 3 is 0.812 bits per heavy atom. The van der Waals surface area contributed by atoms with Crippen molar-refractivity contribution in [2.24, 2.45) is 0 Å². The lowest BCUT2D eigenvalue weighted by Gasteiger charge is -2.15. The molecular weight excluding hydrogens is 981 g/mol. The molecule has 0 aromatic carbocycles. The molecule has 0 radical (unpaired) electrons. The molecule has 0 aliphatic carbocycles. The first kappa shape index (κ1) is 76.8. The summed E-state index contributed by atoms with van der Waals surface area (Å²) in [6.07, 6.45) is 100. The summed E-state index contributed by atoms with van der Waals surface area (Å²) in [6.45, 7) is 4.07. The molecule has 0 amide bonds. The van der Waals surface area contributed by atoms with Gasteiger partial charge in [0.25, 0.3) is 0 Å². The highest BCUT2D eigenvalue weighted by Gasteiger charge is 2.16. The van der Waals surface area contributed by atoms with Crippen LogP contribution >= 0.6 is 0 Å². The summed E-state index contributed by atoms with van der Waals surface area (Å²) in [4.78, 5) is 24.7. The molecule has 80 heavy (non-hydrogen) atoms. The molecule has 0 aliphatic rings. The van der Waals surface area contributed by atoms with E-state index in [-0.39, 0.29) is 25.2 Å². The molecule has 0 spiro atoms. The van der Waals surface area contributed by atoms with Crippen LogP contribution < -0.4 is 0 Å². The minimum absolute atomic E-state index is 0.0657. The minimum Gasteiger partial charge on any atom is -0.462 e. The molecule has 1 unspecified atom stereocenters. The number of esters is 2. The van der Waals surface area contributed by atoms with Gasteiger partial charge in [0.1, 0.15) is 6.61 Å². The Labute approximate surface area is 498 Å². The average molecular weight is 1110 g/mol. The minimum atomic E-state index is -0.777. The fourth-order valence-corrected chi connectivity index (χ4v) is 10.2. The number of rotatable bonds is 64. The van der Waals surface area contributed by atoms with Gasteiger partial charge in [-0.3, -0.25) is 9.59 Å². The molecule has 462 valence electrons. The van der Waals surface area contributed by atoms with Crippen molar-refractivity contribution < 1.29 is 24.2 Å². The summed E-state index contributed by atoms with van der Waals surface area (Å²) in [7, 11) is 0. The predicted octanol–water partition coefficient (Wildman–Crippen LogP) is 24.2. The fraction of sp³-hybridized carbons (Fsp3) is 0.760. The van der Waals surface area contributed by atoms with Gasteiger partial charge in [-0.1, -0.05) is 355 Å². The van der Waals surface area contributed by atoms with Crippen molar-refractivity contribution in [3.8, 4) is 0 Å². The molecule has 0 rings (SSSR count). The third kappa shape index (κ3) is 67.3. The highest BCUT2D eigenvalue weighted by atomic mass is 16.6. The Bertz CT molecular complexity index is 1500. The quantitative estimate of drug-likeness (QED) is 0.0373. The molecule has 0 aromatic rings. The van der Waals surface area contributed by atoms with E-state index in [0.29, 0.717) is 12.8 Å². The van der Waals surface area contributed by atoms with Crippen LogP contribution in [-0.2, 0) is 19.1 Å². The fourth-order valence-electron chi connectivity index (χ4n) is 10.2. The van der Waals surface area contributed by atoms with E-state index in [1.54, 1.807) is 0 Å². The van der Waals surface area contributed by atoms with Gasteiger partial charge in [0.15, 0.2) is 6.10 Å². The van der Waals surface area contributed by atoms with Crippen LogP contribution in [0.4, 0.5) is 0 Å². The second-order valence-corrected chi connectivity index (χ2v) is 23.2. The maximum absolute atomic E-state index is 12.4. The Balaban J connectivity index is 3.47. The molecule has 0 heterocycles. The summed E-state index contributed by atoms with van der Waals surface area (Å²) in [5.74, 6) is -0.579. The molecule has 0 aliphatic heterocycles. The molecule has 0 aromatic heterocycles. The molecular formula is C75H132O5. The molecule has 1 atom stereocenters. The largest absolute Gasteiger partial charge is 0.462 e. The van der Waals surface area contributed by atoms with Crippen LogP contribution in [0.1, 0.15) is 348 Å². The van der Waals surface area contributed by atoms with E-state index in [9.17, 15) is 14.7 Å². The van der Waals surface area contributed by atoms with Crippen LogP contribution in [0, 0.1) is 0 Å². The van der Waals surface area contributed by atoms with Gasteiger partial charge >= 0.3 is 11.9 Å². The second-order valence-electron chi connectivity index (χ2n) is 23.2. The third-order valence-corrected chi connectivity index (χ3v) is 15.4. The Morgan fingerprint density at radius 2 is 0.537 bits per heavy atom. The molecule has 5 heteroatoms. The van der Waals surface area contributed by atoms with Crippen LogP contribution in [-0.4, -0.2) is 36.4 Å². The van der Waals surface area contributed by atoms with Gasteiger partial charge in [0, 0.05) is 12.8 Å². The van der Waals surface area contributed by atoms with Crippen LogP contribution in [0.5, 0.6) is 0 Å². The van der Waals surface area contributed by atoms with Gasteiger partial charge in [0.2, 0.25) is 0 Å². The SMILES string of the molecule is CC/C=C\C/C=C\C/C=C\C/C=C\C/C=C\C/C=C\C/C=C\C/C=C\CCCCCCCCCCCCCCC(=O)OC(CO)COC(=O)CCCCCCCCCCCCCCCCCCCCCCCCCCCCCCC. The highest BCUT2D eigenvalue weighted by molar-refractivity contribution is 5.70. The molecule has 0 saturated heterocycles. The van der Waals surface area contributed by atoms with Crippen LogP contribution in [0.2, 0.25) is 0 Å². The molecule has 0 saturated carbocycles. The van der Waals surface area contributed by atoms with E-state index >= 15 is 0 Å². The van der Waals surface area contributed by atoms with Crippen LogP contribution in [0.25, 0.3) is 0 Å². The first-order chi connectivity index (χ1) is 39.6. The van der Waals surface area contributed by atoms with E-state index in [2.05, 4.69) is 111 Å². The molecule has 0 fully saturated rings. The lowest BCUT2D eigenvalue weighted by Crippen LogP contribution is -2.28. The molecule has 5 nitrogen and oxygen atoms in total. The van der Waals surface area contributed by atoms with Crippen molar-refractivity contribution >= 4 is 11.9 Å². The number of carbonyl (C=O) groups is 2. The van der Waals surface area contributed by atoms with E-state index in [1.807, 2.05) is 0 Å². The zero-order valence-corrected chi connectivity index (χ0v) is 53.1. The van der Waals surface area contributed by atoms with Crippen molar-refractivity contribution in [1.82, 2.24) is 0 Å². The van der Waals surface area contributed by atoms with Crippen molar-refractivity contribution in [1.29, 1.82) is 0 Å². The summed E-state index contributed by atoms with van der Waals surface area (Å²) < 4.78 is 10.8. The Kier molecular flexibility index (Phi) is 67.3. The summed E-state index contributed by atoms with van der Waals surface area (Å²) >= 11 is 0. The molecule has 0 bridgehead atoms. The number of hydrogen-bond donors (Lipinski definition) is 1. The number of carbonyl (C=O) groups excluding carboxylic acids is 2. The first-order valence-corrected chi connectivity index (χ1v) is 34.8. The van der Waals surface area contributed by atoms with Crippen LogP contribution in [0.15, 0.2) is 97.2 Å². The van der Waals surface area contributed by atoms with E-state index in [0.717, 1.165) is 89.9 Å². The zero-order chi connectivity index (χ0) is 57.6. The topological polar surface area (TPSA) is 72.8 Å². The smallest absolute Gasteiger partial charge is 0.306 e. The standard InChI is InChI=1S/C75H132O5/c1-3-5-7-9-11-13-15-17-19-21-23-25-27-29-31-33-34-35-36-37-38-39-40-42-44-46-48-50-52-54-56-58-60-62-64-66-68-70-75(78)80-73(71-76)72-79-74(77)69-67-65-63-61-59-57-55-53-51-49-47-45-43-41-32-30-28-26-24-22-20-18-16-14-12-10-8-6-4-2/h5,7,11,13,17,19,23,25,29,31,34-35,37-38,40,42,73,76H,3-4,6,8-10,12,14-16,18,20-22,24,26-28,30,32-33,36,39,41,43-72H2,1-2H3/b7-5-,13-11-,19-17-,25-23-,31-29-,35-34-,38-37-,42-40-. The Hall–Kier alpha value is -3.18. The highest BCUT2D eigenvalue weighted by Crippen LogP contribution is 2.18. The number of unbranched alkanes of at least 4 members (excludes halogenated alkanes) is 40. The van der Waals surface area contributed by atoms with Crippen LogP contribution in [0.3, 0.4) is 0 Å².